The second kappa shape index (κ2) is 7.53. The summed E-state index contributed by atoms with van der Waals surface area (Å²) in [4.78, 5) is 24.1. The lowest BCUT2D eigenvalue weighted by Crippen LogP contribution is -2.22. The maximum Gasteiger partial charge on any atom is 0.312 e. The first-order valence-electron chi connectivity index (χ1n) is 6.38. The normalized spacial score (nSPS) is 10.5. The summed E-state index contributed by atoms with van der Waals surface area (Å²) in [6, 6.07) is 7.48. The van der Waals surface area contributed by atoms with Crippen LogP contribution in [0.1, 0.15) is 25.8 Å². The molecular formula is C14H20N2O3. The van der Waals surface area contributed by atoms with Crippen LogP contribution >= 0.6 is 0 Å². The third kappa shape index (κ3) is 5.52. The van der Waals surface area contributed by atoms with Crippen LogP contribution in [0.4, 0.5) is 5.69 Å². The number of carboxylic acid groups (broad SMARTS) is 1. The van der Waals surface area contributed by atoms with Crippen molar-refractivity contribution in [1.82, 2.24) is 4.90 Å². The van der Waals surface area contributed by atoms with E-state index in [1.54, 1.807) is 6.07 Å². The minimum atomic E-state index is -1.13. The molecule has 0 heterocycles. The number of carbonyl (C=O) groups excluding carboxylic acids is 1. The van der Waals surface area contributed by atoms with Gasteiger partial charge in [0.05, 0.1) is 0 Å². The molecule has 0 bridgehead atoms. The van der Waals surface area contributed by atoms with Gasteiger partial charge in [-0.15, -0.1) is 0 Å². The van der Waals surface area contributed by atoms with E-state index < -0.39 is 18.3 Å². The van der Waals surface area contributed by atoms with E-state index in [2.05, 4.69) is 24.1 Å². The highest BCUT2D eigenvalue weighted by molar-refractivity contribution is 6.01. The van der Waals surface area contributed by atoms with Crippen molar-refractivity contribution in [2.24, 2.45) is 0 Å². The number of amides is 1. The number of hydrogen-bond acceptors (Lipinski definition) is 3. The van der Waals surface area contributed by atoms with Crippen LogP contribution in [0, 0.1) is 0 Å². The first-order valence-corrected chi connectivity index (χ1v) is 6.38. The highest BCUT2D eigenvalue weighted by Gasteiger charge is 2.08. The second-order valence-electron chi connectivity index (χ2n) is 4.28. The summed E-state index contributed by atoms with van der Waals surface area (Å²) in [6.07, 6.45) is -0.514. The van der Waals surface area contributed by atoms with Gasteiger partial charge in [-0.1, -0.05) is 26.0 Å². The third-order valence-corrected chi connectivity index (χ3v) is 2.82. The topological polar surface area (TPSA) is 69.6 Å². The van der Waals surface area contributed by atoms with Crippen molar-refractivity contribution < 1.29 is 14.7 Å². The average Bonchev–Trinajstić information content (AvgIpc) is 2.35. The molecule has 0 fully saturated rings. The maximum absolute atomic E-state index is 11.4. The molecule has 2 N–H and O–H groups in total. The molecule has 1 rings (SSSR count). The van der Waals surface area contributed by atoms with Crippen LogP contribution in [-0.2, 0) is 16.1 Å². The molecule has 0 atom stereocenters. The van der Waals surface area contributed by atoms with E-state index in [0.29, 0.717) is 5.69 Å². The molecule has 0 radical (unpaired) electrons. The Morgan fingerprint density at radius 3 is 2.53 bits per heavy atom. The number of rotatable bonds is 7. The number of hydrogen-bond donors (Lipinski definition) is 2. The molecule has 1 amide bonds. The Kier molecular flexibility index (Phi) is 6.02. The van der Waals surface area contributed by atoms with Gasteiger partial charge in [0.25, 0.3) is 0 Å². The Labute approximate surface area is 113 Å². The smallest absolute Gasteiger partial charge is 0.312 e. The van der Waals surface area contributed by atoms with Crippen molar-refractivity contribution in [3.63, 3.8) is 0 Å². The molecule has 0 aliphatic rings. The molecule has 0 aliphatic heterocycles. The molecule has 0 saturated carbocycles. The van der Waals surface area contributed by atoms with Gasteiger partial charge in [-0.3, -0.25) is 14.5 Å². The monoisotopic (exact) mass is 264 g/mol. The Hall–Kier alpha value is -1.88. The molecule has 0 aliphatic carbocycles. The zero-order valence-electron chi connectivity index (χ0n) is 11.3. The third-order valence-electron chi connectivity index (χ3n) is 2.82. The molecule has 0 spiro atoms. The van der Waals surface area contributed by atoms with Gasteiger partial charge in [0.15, 0.2) is 0 Å². The van der Waals surface area contributed by atoms with E-state index in [4.69, 9.17) is 5.11 Å². The van der Waals surface area contributed by atoms with Gasteiger partial charge in [0.2, 0.25) is 5.91 Å². The lowest BCUT2D eigenvalue weighted by atomic mass is 10.2. The van der Waals surface area contributed by atoms with Gasteiger partial charge < -0.3 is 10.4 Å². The molecule has 5 nitrogen and oxygen atoms in total. The standard InChI is InChI=1S/C14H20N2O3/c1-3-16(4-2)10-11-6-5-7-12(8-11)15-13(17)9-14(18)19/h5-8H,3-4,9-10H2,1-2H3,(H,15,17)(H,18,19). The van der Waals surface area contributed by atoms with Crippen molar-refractivity contribution in [3.8, 4) is 0 Å². The van der Waals surface area contributed by atoms with Gasteiger partial charge in [-0.2, -0.15) is 0 Å². The number of carbonyl (C=O) groups is 2. The number of nitrogens with one attached hydrogen (secondary N) is 1. The van der Waals surface area contributed by atoms with Crippen LogP contribution in [0.5, 0.6) is 0 Å². The summed E-state index contributed by atoms with van der Waals surface area (Å²) >= 11 is 0. The number of nitrogens with zero attached hydrogens (tertiary/aromatic N) is 1. The summed E-state index contributed by atoms with van der Waals surface area (Å²) in [5.74, 6) is -1.63. The second-order valence-corrected chi connectivity index (χ2v) is 4.28. The van der Waals surface area contributed by atoms with E-state index in [1.165, 1.54) is 0 Å². The summed E-state index contributed by atoms with van der Waals surface area (Å²) in [6.45, 7) is 6.94. The van der Waals surface area contributed by atoms with Crippen LogP contribution < -0.4 is 5.32 Å². The molecule has 5 heteroatoms. The summed E-state index contributed by atoms with van der Waals surface area (Å²) in [5, 5.41) is 11.1. The van der Waals surface area contributed by atoms with E-state index in [9.17, 15) is 9.59 Å². The predicted molar refractivity (Wildman–Crippen MR) is 73.9 cm³/mol. The molecule has 1 aromatic carbocycles. The van der Waals surface area contributed by atoms with Crippen LogP contribution in [0.25, 0.3) is 0 Å². The fourth-order valence-corrected chi connectivity index (χ4v) is 1.80. The van der Waals surface area contributed by atoms with Crippen LogP contribution in [0.2, 0.25) is 0 Å². The van der Waals surface area contributed by atoms with E-state index in [0.717, 1.165) is 25.2 Å². The zero-order chi connectivity index (χ0) is 14.3. The Balaban J connectivity index is 2.66. The van der Waals surface area contributed by atoms with E-state index in [1.807, 2.05) is 18.2 Å². The van der Waals surface area contributed by atoms with Crippen molar-refractivity contribution in [1.29, 1.82) is 0 Å². The Bertz CT molecular complexity index is 442. The molecule has 1 aromatic rings. The van der Waals surface area contributed by atoms with Gasteiger partial charge in [0, 0.05) is 12.2 Å². The first kappa shape index (κ1) is 15.2. The Morgan fingerprint density at radius 1 is 1.26 bits per heavy atom. The van der Waals surface area contributed by atoms with Crippen molar-refractivity contribution in [2.45, 2.75) is 26.8 Å². The quantitative estimate of drug-likeness (QED) is 0.738. The Morgan fingerprint density at radius 2 is 1.95 bits per heavy atom. The van der Waals surface area contributed by atoms with Crippen LogP contribution in [0.15, 0.2) is 24.3 Å². The summed E-state index contributed by atoms with van der Waals surface area (Å²) in [7, 11) is 0. The molecule has 0 unspecified atom stereocenters. The average molecular weight is 264 g/mol. The molecule has 0 aromatic heterocycles. The zero-order valence-corrected chi connectivity index (χ0v) is 11.3. The highest BCUT2D eigenvalue weighted by atomic mass is 16.4. The minimum absolute atomic E-state index is 0.507. The minimum Gasteiger partial charge on any atom is -0.481 e. The largest absolute Gasteiger partial charge is 0.481 e. The van der Waals surface area contributed by atoms with Crippen molar-refractivity contribution in [2.75, 3.05) is 18.4 Å². The van der Waals surface area contributed by atoms with Crippen molar-refractivity contribution in [3.05, 3.63) is 29.8 Å². The summed E-state index contributed by atoms with van der Waals surface area (Å²) < 4.78 is 0. The number of anilines is 1. The number of carboxylic acids is 1. The molecule has 0 saturated heterocycles. The summed E-state index contributed by atoms with van der Waals surface area (Å²) in [5.41, 5.74) is 1.73. The lowest BCUT2D eigenvalue weighted by Gasteiger charge is -2.18. The van der Waals surface area contributed by atoms with Gasteiger partial charge >= 0.3 is 5.97 Å². The van der Waals surface area contributed by atoms with Gasteiger partial charge in [-0.25, -0.2) is 0 Å². The van der Waals surface area contributed by atoms with Crippen LogP contribution in [-0.4, -0.2) is 35.0 Å². The SMILES string of the molecule is CCN(CC)Cc1cccc(NC(=O)CC(=O)O)c1. The lowest BCUT2D eigenvalue weighted by molar-refractivity contribution is -0.139. The first-order chi connectivity index (χ1) is 9.05. The van der Waals surface area contributed by atoms with Gasteiger partial charge in [0.1, 0.15) is 6.42 Å². The highest BCUT2D eigenvalue weighted by Crippen LogP contribution is 2.13. The number of benzene rings is 1. The van der Waals surface area contributed by atoms with E-state index in [-0.39, 0.29) is 0 Å². The predicted octanol–water partition coefficient (Wildman–Crippen LogP) is 1.94. The fourth-order valence-electron chi connectivity index (χ4n) is 1.80. The fraction of sp³-hybridized carbons (Fsp3) is 0.429. The number of aliphatic carboxylic acids is 1. The molecular weight excluding hydrogens is 244 g/mol. The molecule has 104 valence electrons. The maximum atomic E-state index is 11.4. The molecule has 19 heavy (non-hydrogen) atoms. The van der Waals surface area contributed by atoms with Gasteiger partial charge in [-0.05, 0) is 30.8 Å². The van der Waals surface area contributed by atoms with E-state index >= 15 is 0 Å². The van der Waals surface area contributed by atoms with Crippen molar-refractivity contribution >= 4 is 17.6 Å². The van der Waals surface area contributed by atoms with Crippen LogP contribution in [0.3, 0.4) is 0 Å².